The van der Waals surface area contributed by atoms with Gasteiger partial charge in [0.15, 0.2) is 0 Å². The lowest BCUT2D eigenvalue weighted by Crippen LogP contribution is -2.16. The van der Waals surface area contributed by atoms with Gasteiger partial charge in [-0.05, 0) is 64.7 Å². The normalized spacial score (nSPS) is 11.2. The van der Waals surface area contributed by atoms with E-state index in [0.717, 1.165) is 4.90 Å². The minimum atomic E-state index is -3.86. The van der Waals surface area contributed by atoms with Gasteiger partial charge in [0.05, 0.1) is 10.5 Å². The van der Waals surface area contributed by atoms with Crippen molar-refractivity contribution >= 4 is 49.3 Å². The van der Waals surface area contributed by atoms with Crippen LogP contribution in [-0.2, 0) is 10.0 Å². The standard InChI is InChI=1S/C14H13BrN2O3S2/c1-21-10-4-2-9(3-5-10)17-14(18)12-8-11(22(16,19)20)6-7-13(12)15/h2-8H,1H3,(H,17,18)(H2,16,19,20). The molecule has 0 saturated heterocycles. The van der Waals surface area contributed by atoms with Crippen molar-refractivity contribution in [3.05, 3.63) is 52.5 Å². The fraction of sp³-hybridized carbons (Fsp3) is 0.0714. The van der Waals surface area contributed by atoms with Crippen molar-refractivity contribution in [2.24, 2.45) is 5.14 Å². The number of thioether (sulfide) groups is 1. The highest BCUT2D eigenvalue weighted by atomic mass is 79.9. The molecule has 116 valence electrons. The monoisotopic (exact) mass is 400 g/mol. The first-order chi connectivity index (χ1) is 10.3. The Hall–Kier alpha value is -1.35. The molecule has 8 heteroatoms. The lowest BCUT2D eigenvalue weighted by molar-refractivity contribution is 0.102. The molecule has 2 aromatic carbocycles. The number of carbonyl (C=O) groups is 1. The van der Waals surface area contributed by atoms with E-state index in [1.54, 1.807) is 23.9 Å². The van der Waals surface area contributed by atoms with Crippen LogP contribution in [0.3, 0.4) is 0 Å². The van der Waals surface area contributed by atoms with E-state index in [9.17, 15) is 13.2 Å². The third kappa shape index (κ3) is 4.10. The van der Waals surface area contributed by atoms with E-state index >= 15 is 0 Å². The molecule has 0 aliphatic heterocycles. The molecule has 0 fully saturated rings. The average Bonchev–Trinajstić information content (AvgIpc) is 2.47. The van der Waals surface area contributed by atoms with Crippen molar-refractivity contribution < 1.29 is 13.2 Å². The lowest BCUT2D eigenvalue weighted by atomic mass is 10.2. The van der Waals surface area contributed by atoms with E-state index in [1.807, 2.05) is 18.4 Å². The summed E-state index contributed by atoms with van der Waals surface area (Å²) in [5, 5.41) is 7.80. The fourth-order valence-corrected chi connectivity index (χ4v) is 3.10. The smallest absolute Gasteiger partial charge is 0.256 e. The topological polar surface area (TPSA) is 89.3 Å². The highest BCUT2D eigenvalue weighted by Crippen LogP contribution is 2.23. The van der Waals surface area contributed by atoms with Gasteiger partial charge < -0.3 is 5.32 Å². The van der Waals surface area contributed by atoms with Crippen LogP contribution < -0.4 is 10.5 Å². The highest BCUT2D eigenvalue weighted by molar-refractivity contribution is 9.10. The molecule has 0 bridgehead atoms. The molecule has 5 nitrogen and oxygen atoms in total. The van der Waals surface area contributed by atoms with Crippen molar-refractivity contribution in [2.75, 3.05) is 11.6 Å². The minimum Gasteiger partial charge on any atom is -0.322 e. The van der Waals surface area contributed by atoms with Crippen molar-refractivity contribution in [3.8, 4) is 0 Å². The van der Waals surface area contributed by atoms with Crippen molar-refractivity contribution in [2.45, 2.75) is 9.79 Å². The van der Waals surface area contributed by atoms with Crippen molar-refractivity contribution in [1.29, 1.82) is 0 Å². The Balaban J connectivity index is 2.28. The maximum Gasteiger partial charge on any atom is 0.256 e. The second kappa shape index (κ2) is 6.82. The van der Waals surface area contributed by atoms with Crippen LogP contribution in [0, 0.1) is 0 Å². The molecule has 0 aliphatic carbocycles. The predicted molar refractivity (Wildman–Crippen MR) is 91.7 cm³/mol. The average molecular weight is 401 g/mol. The Morgan fingerprint density at radius 2 is 1.82 bits per heavy atom. The van der Waals surface area contributed by atoms with Crippen LogP contribution >= 0.6 is 27.7 Å². The number of nitrogens with one attached hydrogen (secondary N) is 1. The van der Waals surface area contributed by atoms with Crippen molar-refractivity contribution in [1.82, 2.24) is 0 Å². The summed E-state index contributed by atoms with van der Waals surface area (Å²) in [5.41, 5.74) is 0.816. The summed E-state index contributed by atoms with van der Waals surface area (Å²) in [6.45, 7) is 0. The number of hydrogen-bond donors (Lipinski definition) is 2. The number of rotatable bonds is 4. The number of benzene rings is 2. The molecular weight excluding hydrogens is 388 g/mol. The number of amides is 1. The van der Waals surface area contributed by atoms with Crippen molar-refractivity contribution in [3.63, 3.8) is 0 Å². The molecule has 0 aliphatic rings. The third-order valence-electron chi connectivity index (χ3n) is 2.86. The minimum absolute atomic E-state index is 0.112. The zero-order valence-electron chi connectivity index (χ0n) is 11.5. The summed E-state index contributed by atoms with van der Waals surface area (Å²) >= 11 is 4.83. The number of anilines is 1. The Kier molecular flexibility index (Phi) is 5.28. The van der Waals surface area contributed by atoms with E-state index < -0.39 is 15.9 Å². The lowest BCUT2D eigenvalue weighted by Gasteiger charge is -2.09. The van der Waals surface area contributed by atoms with Crippen LogP contribution in [0.5, 0.6) is 0 Å². The van der Waals surface area contributed by atoms with Gasteiger partial charge in [-0.3, -0.25) is 4.79 Å². The molecule has 0 radical (unpaired) electrons. The molecule has 0 aromatic heterocycles. The molecule has 0 unspecified atom stereocenters. The Labute approximate surface area is 141 Å². The quantitative estimate of drug-likeness (QED) is 0.771. The van der Waals surface area contributed by atoms with Gasteiger partial charge in [-0.25, -0.2) is 13.6 Å². The first-order valence-electron chi connectivity index (χ1n) is 6.09. The number of sulfonamides is 1. The summed E-state index contributed by atoms with van der Waals surface area (Å²) in [5.74, 6) is -0.422. The van der Waals surface area contributed by atoms with Gasteiger partial charge in [0.1, 0.15) is 0 Å². The van der Waals surface area contributed by atoms with Crippen LogP contribution in [0.25, 0.3) is 0 Å². The third-order valence-corrected chi connectivity index (χ3v) is 5.20. The van der Waals surface area contributed by atoms with E-state index in [4.69, 9.17) is 5.14 Å². The zero-order chi connectivity index (χ0) is 16.3. The van der Waals surface area contributed by atoms with Gasteiger partial charge in [0.2, 0.25) is 10.0 Å². The van der Waals surface area contributed by atoms with E-state index in [1.165, 1.54) is 18.2 Å². The zero-order valence-corrected chi connectivity index (χ0v) is 14.8. The van der Waals surface area contributed by atoms with Gasteiger partial charge in [-0.1, -0.05) is 0 Å². The van der Waals surface area contributed by atoms with Crippen LogP contribution in [0.2, 0.25) is 0 Å². The molecule has 0 atom stereocenters. The number of halogens is 1. The largest absolute Gasteiger partial charge is 0.322 e. The van der Waals surface area contributed by atoms with Gasteiger partial charge in [-0.15, -0.1) is 11.8 Å². The summed E-state index contributed by atoms with van der Waals surface area (Å²) in [6.07, 6.45) is 1.96. The maximum absolute atomic E-state index is 12.3. The number of carbonyl (C=O) groups excluding carboxylic acids is 1. The second-order valence-electron chi connectivity index (χ2n) is 4.37. The van der Waals surface area contributed by atoms with Crippen LogP contribution in [0.4, 0.5) is 5.69 Å². The predicted octanol–water partition coefficient (Wildman–Crippen LogP) is 3.07. The second-order valence-corrected chi connectivity index (χ2v) is 7.66. The Morgan fingerprint density at radius 1 is 1.18 bits per heavy atom. The van der Waals surface area contributed by atoms with Crippen LogP contribution in [0.15, 0.2) is 56.7 Å². The molecule has 22 heavy (non-hydrogen) atoms. The summed E-state index contributed by atoms with van der Waals surface area (Å²) < 4.78 is 23.2. The molecular formula is C14H13BrN2O3S2. The van der Waals surface area contributed by atoms with Gasteiger partial charge in [0.25, 0.3) is 5.91 Å². The van der Waals surface area contributed by atoms with Gasteiger partial charge >= 0.3 is 0 Å². The molecule has 2 rings (SSSR count). The molecule has 2 aromatic rings. The maximum atomic E-state index is 12.3. The van der Waals surface area contributed by atoms with Gasteiger partial charge in [-0.2, -0.15) is 0 Å². The summed E-state index contributed by atoms with van der Waals surface area (Å²) in [4.78, 5) is 13.3. The molecule has 0 saturated carbocycles. The first kappa shape index (κ1) is 17.0. The summed E-state index contributed by atoms with van der Waals surface area (Å²) in [7, 11) is -3.86. The van der Waals surface area contributed by atoms with E-state index in [2.05, 4.69) is 21.2 Å². The SMILES string of the molecule is CSc1ccc(NC(=O)c2cc(S(N)(=O)=O)ccc2Br)cc1. The Bertz CT molecular complexity index is 805. The van der Waals surface area contributed by atoms with E-state index in [0.29, 0.717) is 10.2 Å². The fourth-order valence-electron chi connectivity index (χ4n) is 1.73. The number of hydrogen-bond acceptors (Lipinski definition) is 4. The number of primary sulfonamides is 1. The molecule has 3 N–H and O–H groups in total. The first-order valence-corrected chi connectivity index (χ1v) is 9.65. The Morgan fingerprint density at radius 3 is 2.36 bits per heavy atom. The highest BCUT2D eigenvalue weighted by Gasteiger charge is 2.15. The summed E-state index contributed by atoms with van der Waals surface area (Å²) in [6, 6.07) is 11.4. The number of nitrogens with two attached hydrogens (primary N) is 1. The van der Waals surface area contributed by atoms with E-state index in [-0.39, 0.29) is 10.5 Å². The van der Waals surface area contributed by atoms with Crippen LogP contribution in [0.1, 0.15) is 10.4 Å². The van der Waals surface area contributed by atoms with Crippen LogP contribution in [-0.4, -0.2) is 20.6 Å². The van der Waals surface area contributed by atoms with Gasteiger partial charge in [0, 0.05) is 15.1 Å². The molecule has 0 spiro atoms. The molecule has 1 amide bonds. The molecule has 0 heterocycles.